The molecule has 0 unspecified atom stereocenters. The number of benzene rings is 2. The van der Waals surface area contributed by atoms with Crippen molar-refractivity contribution in [1.29, 1.82) is 0 Å². The molecular weight excluding hydrogens is 434 g/mol. The van der Waals surface area contributed by atoms with Crippen LogP contribution in [0.5, 0.6) is 5.75 Å². The zero-order chi connectivity index (χ0) is 22.8. The molecular formula is C26H23N3O3S. The summed E-state index contributed by atoms with van der Waals surface area (Å²) < 4.78 is 12.7. The van der Waals surface area contributed by atoms with Crippen molar-refractivity contribution in [2.45, 2.75) is 26.8 Å². The molecule has 5 aromatic rings. The second kappa shape index (κ2) is 9.03. The van der Waals surface area contributed by atoms with Gasteiger partial charge in [0, 0.05) is 11.6 Å². The first-order valence-electron chi connectivity index (χ1n) is 10.9. The predicted molar refractivity (Wildman–Crippen MR) is 131 cm³/mol. The normalized spacial score (nSPS) is 11.2. The van der Waals surface area contributed by atoms with Gasteiger partial charge in [-0.3, -0.25) is 14.7 Å². The van der Waals surface area contributed by atoms with E-state index in [-0.39, 0.29) is 18.2 Å². The van der Waals surface area contributed by atoms with E-state index in [4.69, 9.17) is 14.1 Å². The zero-order valence-corrected chi connectivity index (χ0v) is 19.3. The smallest absolute Gasteiger partial charge is 0.296 e. The highest BCUT2D eigenvalue weighted by Crippen LogP contribution is 2.34. The Morgan fingerprint density at radius 3 is 2.76 bits per heavy atom. The molecule has 1 amide bonds. The van der Waals surface area contributed by atoms with Gasteiger partial charge in [-0.1, -0.05) is 48.6 Å². The van der Waals surface area contributed by atoms with E-state index in [1.807, 2.05) is 55.5 Å². The number of fused-ring (bicyclic) bond motifs is 2. The van der Waals surface area contributed by atoms with Crippen molar-refractivity contribution in [3.63, 3.8) is 0 Å². The van der Waals surface area contributed by atoms with Gasteiger partial charge in [0.1, 0.15) is 0 Å². The second-order valence-electron chi connectivity index (χ2n) is 7.54. The van der Waals surface area contributed by atoms with Crippen molar-refractivity contribution in [3.8, 4) is 5.75 Å². The van der Waals surface area contributed by atoms with Crippen molar-refractivity contribution < 1.29 is 13.9 Å². The van der Waals surface area contributed by atoms with Crippen LogP contribution in [0.25, 0.3) is 21.2 Å². The minimum absolute atomic E-state index is 0.239. The summed E-state index contributed by atoms with van der Waals surface area (Å²) in [5.41, 5.74) is 3.43. The summed E-state index contributed by atoms with van der Waals surface area (Å²) in [6, 6.07) is 19.2. The predicted octanol–water partition coefficient (Wildman–Crippen LogP) is 6.25. The van der Waals surface area contributed by atoms with E-state index in [0.29, 0.717) is 23.1 Å². The average Bonchev–Trinajstić information content (AvgIpc) is 3.48. The largest absolute Gasteiger partial charge is 0.490 e. The number of hydrogen-bond donors (Lipinski definition) is 0. The number of aromatic nitrogens is 2. The minimum atomic E-state index is -0.267. The van der Waals surface area contributed by atoms with Gasteiger partial charge in [-0.05, 0) is 49.2 Å². The molecule has 0 aliphatic carbocycles. The van der Waals surface area contributed by atoms with E-state index in [1.54, 1.807) is 17.2 Å². The number of aryl methyl sites for hydroxylation is 1. The summed E-state index contributed by atoms with van der Waals surface area (Å²) in [5.74, 6) is 0.595. The molecule has 0 bridgehead atoms. The van der Waals surface area contributed by atoms with Crippen LogP contribution in [0.3, 0.4) is 0 Å². The highest BCUT2D eigenvalue weighted by Gasteiger charge is 2.26. The van der Waals surface area contributed by atoms with Crippen LogP contribution in [-0.4, -0.2) is 22.5 Å². The van der Waals surface area contributed by atoms with E-state index < -0.39 is 0 Å². The molecule has 5 rings (SSSR count). The van der Waals surface area contributed by atoms with Crippen molar-refractivity contribution in [2.24, 2.45) is 0 Å². The lowest BCUT2D eigenvalue weighted by atomic mass is 10.1. The van der Waals surface area contributed by atoms with Crippen LogP contribution in [0, 0.1) is 0 Å². The van der Waals surface area contributed by atoms with E-state index >= 15 is 0 Å². The molecule has 0 aliphatic heterocycles. The Kier molecular flexibility index (Phi) is 5.79. The van der Waals surface area contributed by atoms with Crippen LogP contribution in [0.15, 0.2) is 71.3 Å². The number of carbonyl (C=O) groups is 1. The molecule has 0 N–H and O–H groups in total. The number of ether oxygens (including phenoxy) is 1. The fourth-order valence-electron chi connectivity index (χ4n) is 3.82. The molecule has 0 atom stereocenters. The van der Waals surface area contributed by atoms with Gasteiger partial charge in [-0.15, -0.1) is 0 Å². The van der Waals surface area contributed by atoms with Gasteiger partial charge < -0.3 is 9.15 Å². The standard InChI is InChI=1S/C26H23N3O3S/c1-3-17-9-8-13-22-23(17)28-26(33-22)29(16-19-11-5-6-14-27-19)25(30)21-15-18-10-7-12-20(31-4-2)24(18)32-21/h5-15H,3-4,16H2,1-2H3. The summed E-state index contributed by atoms with van der Waals surface area (Å²) in [6.07, 6.45) is 2.60. The molecule has 33 heavy (non-hydrogen) atoms. The van der Waals surface area contributed by atoms with Gasteiger partial charge in [-0.2, -0.15) is 0 Å². The maximum atomic E-state index is 13.7. The van der Waals surface area contributed by atoms with Gasteiger partial charge >= 0.3 is 0 Å². The van der Waals surface area contributed by atoms with Crippen LogP contribution in [0.2, 0.25) is 0 Å². The van der Waals surface area contributed by atoms with Crippen molar-refractivity contribution in [2.75, 3.05) is 11.5 Å². The van der Waals surface area contributed by atoms with Gasteiger partial charge in [0.15, 0.2) is 22.2 Å². The van der Waals surface area contributed by atoms with Crippen molar-refractivity contribution in [3.05, 3.63) is 83.9 Å². The van der Waals surface area contributed by atoms with Gasteiger partial charge in [-0.25, -0.2) is 4.98 Å². The van der Waals surface area contributed by atoms with E-state index in [2.05, 4.69) is 18.0 Å². The third-order valence-electron chi connectivity index (χ3n) is 5.41. The Balaban J connectivity index is 1.59. The summed E-state index contributed by atoms with van der Waals surface area (Å²) in [5, 5.41) is 1.44. The molecule has 0 radical (unpaired) electrons. The molecule has 0 aliphatic rings. The number of thiazole rings is 1. The number of amides is 1. The number of rotatable bonds is 7. The zero-order valence-electron chi connectivity index (χ0n) is 18.4. The molecule has 6 nitrogen and oxygen atoms in total. The Hall–Kier alpha value is -3.71. The maximum Gasteiger partial charge on any atom is 0.296 e. The third-order valence-corrected chi connectivity index (χ3v) is 6.46. The molecule has 0 spiro atoms. The number of para-hydroxylation sites is 2. The maximum absolute atomic E-state index is 13.7. The third kappa shape index (κ3) is 4.07. The van der Waals surface area contributed by atoms with Gasteiger partial charge in [0.05, 0.1) is 29.1 Å². The summed E-state index contributed by atoms with van der Waals surface area (Å²) >= 11 is 1.50. The highest BCUT2D eigenvalue weighted by molar-refractivity contribution is 7.22. The fourth-order valence-corrected chi connectivity index (χ4v) is 4.83. The Bertz CT molecular complexity index is 1430. The average molecular weight is 458 g/mol. The van der Waals surface area contributed by atoms with Gasteiger partial charge in [0.25, 0.3) is 5.91 Å². The lowest BCUT2D eigenvalue weighted by molar-refractivity contribution is 0.0960. The Morgan fingerprint density at radius 2 is 1.97 bits per heavy atom. The molecule has 2 aromatic carbocycles. The number of anilines is 1. The summed E-state index contributed by atoms with van der Waals surface area (Å²) in [7, 11) is 0. The monoisotopic (exact) mass is 457 g/mol. The molecule has 0 saturated carbocycles. The highest BCUT2D eigenvalue weighted by atomic mass is 32.1. The first kappa shape index (κ1) is 21.2. The van der Waals surface area contributed by atoms with Crippen LogP contribution in [0.1, 0.15) is 35.7 Å². The fraction of sp³-hybridized carbons (Fsp3) is 0.192. The molecule has 0 fully saturated rings. The number of carbonyl (C=O) groups excluding carboxylic acids is 1. The second-order valence-corrected chi connectivity index (χ2v) is 8.55. The topological polar surface area (TPSA) is 68.5 Å². The number of pyridine rings is 1. The molecule has 166 valence electrons. The summed E-state index contributed by atoms with van der Waals surface area (Å²) in [4.78, 5) is 24.7. The first-order valence-corrected chi connectivity index (χ1v) is 11.7. The van der Waals surface area contributed by atoms with Crippen molar-refractivity contribution in [1.82, 2.24) is 9.97 Å². The Morgan fingerprint density at radius 1 is 1.09 bits per heavy atom. The lowest BCUT2D eigenvalue weighted by Crippen LogP contribution is -2.30. The van der Waals surface area contributed by atoms with Crippen LogP contribution < -0.4 is 9.64 Å². The molecule has 0 saturated heterocycles. The van der Waals surface area contributed by atoms with E-state index in [1.165, 1.54) is 11.3 Å². The number of hydrogen-bond acceptors (Lipinski definition) is 6. The van der Waals surface area contributed by atoms with Crippen LogP contribution in [0.4, 0.5) is 5.13 Å². The molecule has 7 heteroatoms. The molecule has 3 heterocycles. The van der Waals surface area contributed by atoms with Crippen LogP contribution >= 0.6 is 11.3 Å². The van der Waals surface area contributed by atoms with Gasteiger partial charge in [0.2, 0.25) is 0 Å². The van der Waals surface area contributed by atoms with Crippen molar-refractivity contribution >= 4 is 43.6 Å². The van der Waals surface area contributed by atoms with E-state index in [0.717, 1.165) is 33.3 Å². The summed E-state index contributed by atoms with van der Waals surface area (Å²) in [6.45, 7) is 4.83. The van der Waals surface area contributed by atoms with Crippen LogP contribution in [-0.2, 0) is 13.0 Å². The van der Waals surface area contributed by atoms with E-state index in [9.17, 15) is 4.79 Å². The Labute approximate surface area is 195 Å². The minimum Gasteiger partial charge on any atom is -0.490 e. The SMILES string of the molecule is CCOc1cccc2cc(C(=O)N(Cc3ccccn3)c3nc4c(CC)cccc4s3)oc12. The molecule has 3 aromatic heterocycles. The number of nitrogens with zero attached hydrogens (tertiary/aromatic N) is 3. The number of furan rings is 1. The lowest BCUT2D eigenvalue weighted by Gasteiger charge is -2.18. The first-order chi connectivity index (χ1) is 16.2. The quantitative estimate of drug-likeness (QED) is 0.289.